The van der Waals surface area contributed by atoms with Gasteiger partial charge in [-0.15, -0.1) is 0 Å². The van der Waals surface area contributed by atoms with Crippen LogP contribution in [-0.2, 0) is 4.74 Å². The number of fused-ring (bicyclic) bond motifs is 1. The molecule has 0 radical (unpaired) electrons. The summed E-state index contributed by atoms with van der Waals surface area (Å²) in [5.41, 5.74) is 0.692. The van der Waals surface area contributed by atoms with Crippen molar-refractivity contribution >= 4 is 6.09 Å². The Labute approximate surface area is 63.4 Å². The van der Waals surface area contributed by atoms with E-state index in [1.54, 1.807) is 12.2 Å². The van der Waals surface area contributed by atoms with Crippen LogP contribution in [0, 0.1) is 0 Å². The van der Waals surface area contributed by atoms with Crippen LogP contribution in [0.25, 0.3) is 0 Å². The highest BCUT2D eigenvalue weighted by molar-refractivity contribution is 5.70. The largest absolute Gasteiger partial charge is 0.488 e. The number of carboxylic acid groups (broad SMARTS) is 1. The van der Waals surface area contributed by atoms with E-state index in [-0.39, 0.29) is 0 Å². The van der Waals surface area contributed by atoms with Crippen molar-refractivity contribution < 1.29 is 14.6 Å². The average Bonchev–Trinajstić information content (AvgIpc) is 2.41. The highest BCUT2D eigenvalue weighted by Crippen LogP contribution is 2.27. The van der Waals surface area contributed by atoms with Crippen LogP contribution in [-0.4, -0.2) is 29.3 Å². The summed E-state index contributed by atoms with van der Waals surface area (Å²) >= 11 is 0. The van der Waals surface area contributed by atoms with Crippen molar-refractivity contribution in [1.29, 1.82) is 0 Å². The molecule has 0 atom stereocenters. The zero-order valence-electron chi connectivity index (χ0n) is 5.78. The molecule has 11 heavy (non-hydrogen) atoms. The van der Waals surface area contributed by atoms with Gasteiger partial charge in [0.15, 0.2) is 0 Å². The maximum atomic E-state index is 10.5. The zero-order chi connectivity index (χ0) is 7.84. The molecule has 0 unspecified atom stereocenters. The Bertz CT molecular complexity index is 267. The first-order valence-electron chi connectivity index (χ1n) is 3.33. The summed E-state index contributed by atoms with van der Waals surface area (Å²) in [4.78, 5) is 11.8. The lowest BCUT2D eigenvalue weighted by molar-refractivity contribution is 0.164. The minimum atomic E-state index is -0.923. The summed E-state index contributed by atoms with van der Waals surface area (Å²) in [6.45, 7) is 0.904. The highest BCUT2D eigenvalue weighted by atomic mass is 16.5. The topological polar surface area (TPSA) is 49.8 Å². The fourth-order valence-electron chi connectivity index (χ4n) is 1.25. The van der Waals surface area contributed by atoms with Crippen LogP contribution >= 0.6 is 0 Å². The second-order valence-corrected chi connectivity index (χ2v) is 2.36. The van der Waals surface area contributed by atoms with Crippen molar-refractivity contribution in [3.05, 3.63) is 23.6 Å². The normalized spacial score (nSPS) is 20.5. The van der Waals surface area contributed by atoms with Crippen LogP contribution in [0.2, 0.25) is 0 Å². The monoisotopic (exact) mass is 153 g/mol. The smallest absolute Gasteiger partial charge is 0.412 e. The third kappa shape index (κ3) is 0.790. The number of hydrogen-bond donors (Lipinski definition) is 1. The molecule has 0 saturated heterocycles. The van der Waals surface area contributed by atoms with Crippen molar-refractivity contribution in [2.24, 2.45) is 0 Å². The van der Waals surface area contributed by atoms with Crippen LogP contribution in [0.4, 0.5) is 4.79 Å². The fraction of sp³-hybridized carbons (Fsp3) is 0.286. The lowest BCUT2D eigenvalue weighted by Gasteiger charge is -2.10. The van der Waals surface area contributed by atoms with E-state index in [2.05, 4.69) is 0 Å². The Morgan fingerprint density at radius 3 is 3.18 bits per heavy atom. The Morgan fingerprint density at radius 1 is 1.64 bits per heavy atom. The molecule has 2 aliphatic heterocycles. The lowest BCUT2D eigenvalue weighted by Crippen LogP contribution is -2.24. The summed E-state index contributed by atoms with van der Waals surface area (Å²) in [5, 5.41) is 8.66. The van der Waals surface area contributed by atoms with Crippen molar-refractivity contribution in [1.82, 2.24) is 4.90 Å². The number of nitrogens with zero attached hydrogens (tertiary/aromatic N) is 1. The quantitative estimate of drug-likeness (QED) is 0.559. The molecule has 58 valence electrons. The van der Waals surface area contributed by atoms with Crippen LogP contribution in [0.5, 0.6) is 0 Å². The number of carbonyl (C=O) groups is 1. The first kappa shape index (κ1) is 6.27. The molecule has 0 saturated carbocycles. The van der Waals surface area contributed by atoms with Gasteiger partial charge in [0.2, 0.25) is 0 Å². The average molecular weight is 153 g/mol. The van der Waals surface area contributed by atoms with Crippen molar-refractivity contribution in [3.63, 3.8) is 0 Å². The molecule has 2 aliphatic rings. The van der Waals surface area contributed by atoms with Gasteiger partial charge >= 0.3 is 6.09 Å². The van der Waals surface area contributed by atoms with E-state index in [1.807, 2.05) is 0 Å². The standard InChI is InChI=1S/C7H7NO3/c9-7(10)8-3-1-6-5(8)2-4-11-6/h1-2H,3-4H2,(H,9,10). The van der Waals surface area contributed by atoms with Gasteiger partial charge in [0.05, 0.1) is 12.2 Å². The molecule has 2 heterocycles. The number of amides is 1. The Kier molecular flexibility index (Phi) is 1.15. The van der Waals surface area contributed by atoms with Crippen LogP contribution in [0.3, 0.4) is 0 Å². The first-order chi connectivity index (χ1) is 5.29. The summed E-state index contributed by atoms with van der Waals surface area (Å²) in [6, 6.07) is 0. The maximum absolute atomic E-state index is 10.5. The highest BCUT2D eigenvalue weighted by Gasteiger charge is 2.28. The molecular formula is C7H7NO3. The molecule has 0 aromatic rings. The van der Waals surface area contributed by atoms with Gasteiger partial charge in [-0.3, -0.25) is 4.90 Å². The minimum absolute atomic E-state index is 0.413. The predicted molar refractivity (Wildman–Crippen MR) is 36.8 cm³/mol. The van der Waals surface area contributed by atoms with Crippen LogP contribution < -0.4 is 0 Å². The van der Waals surface area contributed by atoms with E-state index in [0.717, 1.165) is 0 Å². The molecule has 0 aromatic carbocycles. The minimum Gasteiger partial charge on any atom is -0.488 e. The summed E-state index contributed by atoms with van der Waals surface area (Å²) in [5.74, 6) is 0.701. The van der Waals surface area contributed by atoms with Crippen molar-refractivity contribution in [3.8, 4) is 0 Å². The van der Waals surface area contributed by atoms with E-state index in [9.17, 15) is 4.79 Å². The third-order valence-electron chi connectivity index (χ3n) is 1.75. The number of hydrogen-bond acceptors (Lipinski definition) is 2. The lowest BCUT2D eigenvalue weighted by atomic mass is 10.4. The molecule has 4 heteroatoms. The molecule has 1 N–H and O–H groups in total. The van der Waals surface area contributed by atoms with Gasteiger partial charge in [0.25, 0.3) is 0 Å². The van der Waals surface area contributed by atoms with Gasteiger partial charge in [-0.25, -0.2) is 4.79 Å². The van der Waals surface area contributed by atoms with E-state index < -0.39 is 6.09 Å². The van der Waals surface area contributed by atoms with Gasteiger partial charge in [0, 0.05) is 0 Å². The summed E-state index contributed by atoms with van der Waals surface area (Å²) in [7, 11) is 0. The van der Waals surface area contributed by atoms with Crippen molar-refractivity contribution in [2.75, 3.05) is 13.2 Å². The van der Waals surface area contributed by atoms with Crippen molar-refractivity contribution in [2.45, 2.75) is 0 Å². The molecule has 0 bridgehead atoms. The summed E-state index contributed by atoms with van der Waals surface area (Å²) in [6.07, 6.45) is 2.62. The molecule has 0 spiro atoms. The summed E-state index contributed by atoms with van der Waals surface area (Å²) < 4.78 is 5.12. The van der Waals surface area contributed by atoms with Crippen LogP contribution in [0.1, 0.15) is 0 Å². The number of rotatable bonds is 0. The molecule has 4 nitrogen and oxygen atoms in total. The molecule has 0 aliphatic carbocycles. The predicted octanol–water partition coefficient (Wildman–Crippen LogP) is 0.778. The van der Waals surface area contributed by atoms with Gasteiger partial charge in [-0.05, 0) is 12.2 Å². The number of ether oxygens (including phenoxy) is 1. The SMILES string of the molecule is O=C(O)N1CC=C2OCC=C21. The van der Waals surface area contributed by atoms with Crippen LogP contribution in [0.15, 0.2) is 23.6 Å². The third-order valence-corrected chi connectivity index (χ3v) is 1.75. The first-order valence-corrected chi connectivity index (χ1v) is 3.33. The van der Waals surface area contributed by atoms with Gasteiger partial charge in [0.1, 0.15) is 12.4 Å². The van der Waals surface area contributed by atoms with E-state index in [0.29, 0.717) is 24.6 Å². The Morgan fingerprint density at radius 2 is 2.45 bits per heavy atom. The molecule has 0 aromatic heterocycles. The fourth-order valence-corrected chi connectivity index (χ4v) is 1.25. The Hall–Kier alpha value is -1.45. The van der Waals surface area contributed by atoms with E-state index in [4.69, 9.17) is 9.84 Å². The second kappa shape index (κ2) is 2.02. The van der Waals surface area contributed by atoms with Gasteiger partial charge in [-0.2, -0.15) is 0 Å². The van der Waals surface area contributed by atoms with Gasteiger partial charge in [-0.1, -0.05) is 0 Å². The second-order valence-electron chi connectivity index (χ2n) is 2.36. The maximum Gasteiger partial charge on any atom is 0.412 e. The molecule has 0 fully saturated rings. The molecule has 1 amide bonds. The van der Waals surface area contributed by atoms with E-state index in [1.165, 1.54) is 4.90 Å². The van der Waals surface area contributed by atoms with Gasteiger partial charge < -0.3 is 9.84 Å². The van der Waals surface area contributed by atoms with E-state index >= 15 is 0 Å². The molecule has 2 rings (SSSR count). The molecular weight excluding hydrogens is 146 g/mol. The zero-order valence-corrected chi connectivity index (χ0v) is 5.78. The Balaban J connectivity index is 2.27.